The van der Waals surface area contributed by atoms with Crippen LogP contribution in [-0.2, 0) is 0 Å². The van der Waals surface area contributed by atoms with Crippen molar-refractivity contribution >= 4 is 57.9 Å². The van der Waals surface area contributed by atoms with Gasteiger partial charge in [-0.3, -0.25) is 4.79 Å². The van der Waals surface area contributed by atoms with Gasteiger partial charge in [-0.05, 0) is 17.7 Å². The van der Waals surface area contributed by atoms with Crippen LogP contribution >= 0.6 is 46.4 Å². The lowest BCUT2D eigenvalue weighted by atomic mass is 10.1. The van der Waals surface area contributed by atoms with Crippen LogP contribution in [0.3, 0.4) is 0 Å². The van der Waals surface area contributed by atoms with E-state index in [1.807, 2.05) is 0 Å². The highest BCUT2D eigenvalue weighted by Crippen LogP contribution is 2.50. The summed E-state index contributed by atoms with van der Waals surface area (Å²) in [5.41, 5.74) is 7.78. The third-order valence-corrected chi connectivity index (χ3v) is 4.57. The molecule has 0 heterocycles. The van der Waals surface area contributed by atoms with Crippen LogP contribution in [0.2, 0.25) is 20.1 Å². The first-order valence-electron chi connectivity index (χ1n) is 5.24. The molecule has 1 aliphatic carbocycles. The number of rotatable bonds is 0. The quantitative estimate of drug-likeness (QED) is 0.460. The van der Waals surface area contributed by atoms with Gasteiger partial charge in [0.2, 0.25) is 0 Å². The van der Waals surface area contributed by atoms with Crippen LogP contribution in [0.25, 0.3) is 11.1 Å². The molecule has 0 saturated carbocycles. The summed E-state index contributed by atoms with van der Waals surface area (Å²) in [5, 5.41) is 0.974. The van der Waals surface area contributed by atoms with Gasteiger partial charge < -0.3 is 5.73 Å². The Bertz CT molecular complexity index is 755. The summed E-state index contributed by atoms with van der Waals surface area (Å²) in [6, 6.07) is 4.98. The highest BCUT2D eigenvalue weighted by molar-refractivity contribution is 6.51. The van der Waals surface area contributed by atoms with E-state index in [0.29, 0.717) is 21.7 Å². The first kappa shape index (κ1) is 13.1. The Labute approximate surface area is 129 Å². The molecular weight excluding hydrogens is 328 g/mol. The Morgan fingerprint density at radius 1 is 0.842 bits per heavy atom. The Balaban J connectivity index is 2.47. The number of anilines is 1. The molecule has 0 atom stereocenters. The maximum atomic E-state index is 12.4. The SMILES string of the molecule is Nc1c(Cl)c(Cl)c2c(c1Cl)C(=O)c1cc(Cl)ccc1-2. The molecule has 0 unspecified atom stereocenters. The lowest BCUT2D eigenvalue weighted by molar-refractivity contribution is 0.104. The zero-order chi connectivity index (χ0) is 13.9. The number of halogens is 4. The van der Waals surface area contributed by atoms with E-state index in [4.69, 9.17) is 52.1 Å². The van der Waals surface area contributed by atoms with Crippen molar-refractivity contribution in [1.82, 2.24) is 0 Å². The molecule has 0 fully saturated rings. The fraction of sp³-hybridized carbons (Fsp3) is 0. The van der Waals surface area contributed by atoms with Crippen LogP contribution in [0, 0.1) is 0 Å². The van der Waals surface area contributed by atoms with Gasteiger partial charge in [0, 0.05) is 16.1 Å². The van der Waals surface area contributed by atoms with Crippen molar-refractivity contribution in [2.24, 2.45) is 0 Å². The summed E-state index contributed by atoms with van der Waals surface area (Å²) < 4.78 is 0. The van der Waals surface area contributed by atoms with Gasteiger partial charge in [-0.15, -0.1) is 0 Å². The summed E-state index contributed by atoms with van der Waals surface area (Å²) in [6.45, 7) is 0. The van der Waals surface area contributed by atoms with Gasteiger partial charge in [-0.25, -0.2) is 0 Å². The van der Waals surface area contributed by atoms with Crippen molar-refractivity contribution in [3.8, 4) is 11.1 Å². The number of nitrogens with two attached hydrogens (primary N) is 1. The molecule has 6 heteroatoms. The van der Waals surface area contributed by atoms with Gasteiger partial charge >= 0.3 is 0 Å². The normalized spacial score (nSPS) is 12.5. The van der Waals surface area contributed by atoms with Crippen molar-refractivity contribution in [1.29, 1.82) is 0 Å². The fourth-order valence-electron chi connectivity index (χ4n) is 2.20. The third-order valence-electron chi connectivity index (χ3n) is 3.08. The van der Waals surface area contributed by atoms with Crippen molar-refractivity contribution in [2.45, 2.75) is 0 Å². The van der Waals surface area contributed by atoms with E-state index in [9.17, 15) is 4.79 Å². The predicted octanol–water partition coefficient (Wildman–Crippen LogP) is 5.09. The Morgan fingerprint density at radius 3 is 2.21 bits per heavy atom. The number of carbonyl (C=O) groups is 1. The number of nitrogen functional groups attached to an aromatic ring is 1. The average Bonchev–Trinajstić information content (AvgIpc) is 2.67. The van der Waals surface area contributed by atoms with Gasteiger partial charge in [-0.2, -0.15) is 0 Å². The number of fused-ring (bicyclic) bond motifs is 3. The number of ketones is 1. The standard InChI is InChI=1S/C13H5Cl4NO/c14-4-1-2-5-6(3-4)13(19)8-7(5)9(15)11(17)12(18)10(8)16/h1-3H,18H2. The van der Waals surface area contributed by atoms with Gasteiger partial charge in [0.25, 0.3) is 0 Å². The minimum Gasteiger partial charge on any atom is -0.396 e. The molecule has 2 aromatic rings. The average molecular weight is 333 g/mol. The predicted molar refractivity (Wildman–Crippen MR) is 79.8 cm³/mol. The fourth-order valence-corrected chi connectivity index (χ4v) is 3.18. The zero-order valence-electron chi connectivity index (χ0n) is 9.23. The molecular formula is C13H5Cl4NO. The van der Waals surface area contributed by atoms with Gasteiger partial charge in [-0.1, -0.05) is 52.5 Å². The van der Waals surface area contributed by atoms with Crippen LogP contribution in [0.4, 0.5) is 5.69 Å². The highest BCUT2D eigenvalue weighted by Gasteiger charge is 2.34. The lowest BCUT2D eigenvalue weighted by Crippen LogP contribution is -2.00. The molecule has 0 amide bonds. The molecule has 0 spiro atoms. The maximum Gasteiger partial charge on any atom is 0.195 e. The first-order valence-corrected chi connectivity index (χ1v) is 6.75. The van der Waals surface area contributed by atoms with Crippen LogP contribution in [0.15, 0.2) is 18.2 Å². The zero-order valence-corrected chi connectivity index (χ0v) is 12.3. The molecule has 19 heavy (non-hydrogen) atoms. The maximum absolute atomic E-state index is 12.4. The molecule has 0 radical (unpaired) electrons. The van der Waals surface area contributed by atoms with Crippen LogP contribution in [0.1, 0.15) is 15.9 Å². The van der Waals surface area contributed by atoms with Crippen molar-refractivity contribution in [3.63, 3.8) is 0 Å². The van der Waals surface area contributed by atoms with Crippen LogP contribution in [-0.4, -0.2) is 5.78 Å². The molecule has 0 bridgehead atoms. The summed E-state index contributed by atoms with van der Waals surface area (Å²) in [7, 11) is 0. The van der Waals surface area contributed by atoms with Crippen molar-refractivity contribution < 1.29 is 4.79 Å². The number of hydrogen-bond acceptors (Lipinski definition) is 2. The first-order chi connectivity index (χ1) is 8.93. The second kappa shape index (κ2) is 4.29. The topological polar surface area (TPSA) is 43.1 Å². The van der Waals surface area contributed by atoms with Crippen molar-refractivity contribution in [3.05, 3.63) is 49.4 Å². The molecule has 2 nitrogen and oxygen atoms in total. The van der Waals surface area contributed by atoms with Gasteiger partial charge in [0.05, 0.1) is 26.3 Å². The minimum atomic E-state index is -0.247. The molecule has 0 aliphatic heterocycles. The summed E-state index contributed by atoms with van der Waals surface area (Å²) >= 11 is 24.2. The van der Waals surface area contributed by atoms with E-state index in [2.05, 4.69) is 0 Å². The van der Waals surface area contributed by atoms with E-state index in [1.54, 1.807) is 18.2 Å². The van der Waals surface area contributed by atoms with E-state index < -0.39 is 0 Å². The Kier molecular flexibility index (Phi) is 2.95. The van der Waals surface area contributed by atoms with Crippen molar-refractivity contribution in [2.75, 3.05) is 5.73 Å². The Hall–Kier alpha value is -0.930. The second-order valence-electron chi connectivity index (χ2n) is 4.12. The monoisotopic (exact) mass is 331 g/mol. The molecule has 0 aromatic heterocycles. The Morgan fingerprint density at radius 2 is 1.53 bits per heavy atom. The second-order valence-corrected chi connectivity index (χ2v) is 5.69. The highest BCUT2D eigenvalue weighted by atomic mass is 35.5. The van der Waals surface area contributed by atoms with Gasteiger partial charge in [0.1, 0.15) is 0 Å². The summed E-state index contributed by atoms with van der Waals surface area (Å²) in [5.74, 6) is -0.247. The molecule has 0 saturated heterocycles. The molecule has 96 valence electrons. The third kappa shape index (κ3) is 1.68. The molecule has 2 N–H and O–H groups in total. The lowest BCUT2D eigenvalue weighted by Gasteiger charge is -2.10. The van der Waals surface area contributed by atoms with E-state index >= 15 is 0 Å². The molecule has 2 aromatic carbocycles. The van der Waals surface area contributed by atoms with Crippen LogP contribution in [0.5, 0.6) is 0 Å². The number of hydrogen-bond donors (Lipinski definition) is 1. The summed E-state index contributed by atoms with van der Waals surface area (Å²) in [6.07, 6.45) is 0. The van der Waals surface area contributed by atoms with Gasteiger partial charge in [0.15, 0.2) is 5.78 Å². The van der Waals surface area contributed by atoms with Crippen LogP contribution < -0.4 is 5.73 Å². The smallest absolute Gasteiger partial charge is 0.195 e. The minimum absolute atomic E-state index is 0.110. The van der Waals surface area contributed by atoms with E-state index in [-0.39, 0.29) is 32.1 Å². The van der Waals surface area contributed by atoms with E-state index in [1.165, 1.54) is 0 Å². The number of benzene rings is 2. The van der Waals surface area contributed by atoms with E-state index in [0.717, 1.165) is 0 Å². The summed E-state index contributed by atoms with van der Waals surface area (Å²) in [4.78, 5) is 12.4. The molecule has 1 aliphatic rings. The largest absolute Gasteiger partial charge is 0.396 e. The molecule has 3 rings (SSSR count). The number of carbonyl (C=O) groups excluding carboxylic acids is 1.